The Morgan fingerprint density at radius 3 is 2.71 bits per heavy atom. The molecule has 1 heterocycles. The molecule has 2 aromatic rings. The average molecular weight is 305 g/mol. The lowest BCUT2D eigenvalue weighted by Gasteiger charge is -2.20. The van der Waals surface area contributed by atoms with Crippen molar-refractivity contribution < 1.29 is 12.8 Å². The van der Waals surface area contributed by atoms with Crippen molar-refractivity contribution in [1.82, 2.24) is 5.32 Å². The van der Waals surface area contributed by atoms with Crippen molar-refractivity contribution >= 4 is 9.84 Å². The van der Waals surface area contributed by atoms with Gasteiger partial charge < -0.3 is 5.32 Å². The predicted octanol–water partition coefficient (Wildman–Crippen LogP) is 3.00. The molecule has 0 radical (unpaired) electrons. The van der Waals surface area contributed by atoms with Gasteiger partial charge in [-0.25, -0.2) is 12.8 Å². The highest BCUT2D eigenvalue weighted by Crippen LogP contribution is 2.34. The van der Waals surface area contributed by atoms with Crippen LogP contribution in [0.15, 0.2) is 53.4 Å². The molecule has 0 bridgehead atoms. The highest BCUT2D eigenvalue weighted by Gasteiger charge is 2.34. The zero-order chi connectivity index (χ0) is 15.0. The minimum Gasteiger partial charge on any atom is -0.302 e. The molecular formula is C16H16FNO2S. The Hall–Kier alpha value is -1.72. The highest BCUT2D eigenvalue weighted by atomic mass is 32.2. The Bertz CT molecular complexity index is 773. The third-order valence-corrected chi connectivity index (χ3v) is 5.63. The van der Waals surface area contributed by atoms with Gasteiger partial charge in [0, 0.05) is 12.1 Å². The summed E-state index contributed by atoms with van der Waals surface area (Å²) in [6.45, 7) is 1.91. The largest absolute Gasteiger partial charge is 0.302 e. The normalized spacial score (nSPS) is 21.0. The first-order valence-corrected chi connectivity index (χ1v) is 8.46. The second-order valence-corrected chi connectivity index (χ2v) is 7.32. The Kier molecular flexibility index (Phi) is 3.55. The number of halogens is 1. The van der Waals surface area contributed by atoms with E-state index in [4.69, 9.17) is 0 Å². The van der Waals surface area contributed by atoms with Crippen LogP contribution in [0, 0.1) is 5.82 Å². The zero-order valence-corrected chi connectivity index (χ0v) is 12.4. The van der Waals surface area contributed by atoms with Crippen LogP contribution in [0.1, 0.15) is 30.1 Å². The van der Waals surface area contributed by atoms with Crippen LogP contribution in [0.3, 0.4) is 0 Å². The topological polar surface area (TPSA) is 46.2 Å². The first kappa shape index (κ1) is 14.2. The van der Waals surface area contributed by atoms with E-state index in [2.05, 4.69) is 5.32 Å². The Morgan fingerprint density at radius 2 is 1.95 bits per heavy atom. The van der Waals surface area contributed by atoms with Gasteiger partial charge in [-0.2, -0.15) is 0 Å². The predicted molar refractivity (Wildman–Crippen MR) is 79.2 cm³/mol. The molecular weight excluding hydrogens is 289 g/mol. The van der Waals surface area contributed by atoms with Gasteiger partial charge in [0.15, 0.2) is 9.84 Å². The second kappa shape index (κ2) is 5.24. The van der Waals surface area contributed by atoms with Crippen molar-refractivity contribution in [2.24, 2.45) is 0 Å². The van der Waals surface area contributed by atoms with Gasteiger partial charge >= 0.3 is 0 Å². The Balaban J connectivity index is 1.87. The van der Waals surface area contributed by atoms with E-state index in [0.29, 0.717) is 4.90 Å². The molecule has 0 amide bonds. The standard InChI is InChI=1S/C16H16FNO2S/c1-11(12-5-4-6-13(17)9-12)18-15-10-21(19,20)16-8-3-2-7-14(15)16/h2-9,11,15,18H,10H2,1H3. The molecule has 3 rings (SSSR count). The van der Waals surface area contributed by atoms with Crippen molar-refractivity contribution in [2.75, 3.05) is 5.75 Å². The molecule has 2 aromatic carbocycles. The van der Waals surface area contributed by atoms with Crippen molar-refractivity contribution in [2.45, 2.75) is 23.9 Å². The second-order valence-electron chi connectivity index (χ2n) is 5.32. The molecule has 0 fully saturated rings. The van der Waals surface area contributed by atoms with Crippen molar-refractivity contribution in [3.63, 3.8) is 0 Å². The maximum absolute atomic E-state index is 13.3. The van der Waals surface area contributed by atoms with Crippen LogP contribution in [0.4, 0.5) is 4.39 Å². The van der Waals surface area contributed by atoms with Gasteiger partial charge in [-0.1, -0.05) is 30.3 Å². The summed E-state index contributed by atoms with van der Waals surface area (Å²) in [6, 6.07) is 13.0. The van der Waals surface area contributed by atoms with Gasteiger partial charge in [0.1, 0.15) is 5.82 Å². The van der Waals surface area contributed by atoms with Gasteiger partial charge in [0.05, 0.1) is 10.6 Å². The number of nitrogens with one attached hydrogen (secondary N) is 1. The molecule has 1 aliphatic rings. The van der Waals surface area contributed by atoms with E-state index in [1.807, 2.05) is 25.1 Å². The van der Waals surface area contributed by atoms with Gasteiger partial charge in [-0.15, -0.1) is 0 Å². The number of sulfone groups is 1. The maximum Gasteiger partial charge on any atom is 0.180 e. The maximum atomic E-state index is 13.3. The summed E-state index contributed by atoms with van der Waals surface area (Å²) in [4.78, 5) is 0.397. The van der Waals surface area contributed by atoms with Crippen LogP contribution >= 0.6 is 0 Å². The quantitative estimate of drug-likeness (QED) is 0.948. The van der Waals surface area contributed by atoms with E-state index in [-0.39, 0.29) is 23.7 Å². The van der Waals surface area contributed by atoms with Gasteiger partial charge in [-0.05, 0) is 36.2 Å². The van der Waals surface area contributed by atoms with E-state index in [1.165, 1.54) is 12.1 Å². The lowest BCUT2D eigenvalue weighted by atomic mass is 10.0. The fraction of sp³-hybridized carbons (Fsp3) is 0.250. The zero-order valence-electron chi connectivity index (χ0n) is 11.6. The molecule has 2 unspecified atom stereocenters. The van der Waals surface area contributed by atoms with Crippen molar-refractivity contribution in [1.29, 1.82) is 0 Å². The molecule has 1 N–H and O–H groups in total. The van der Waals surface area contributed by atoms with E-state index >= 15 is 0 Å². The smallest absolute Gasteiger partial charge is 0.180 e. The van der Waals surface area contributed by atoms with Gasteiger partial charge in [0.2, 0.25) is 0 Å². The van der Waals surface area contributed by atoms with Gasteiger partial charge in [-0.3, -0.25) is 0 Å². The van der Waals surface area contributed by atoms with Gasteiger partial charge in [0.25, 0.3) is 0 Å². The van der Waals surface area contributed by atoms with Crippen LogP contribution in [-0.2, 0) is 9.84 Å². The summed E-state index contributed by atoms with van der Waals surface area (Å²) in [7, 11) is -3.23. The van der Waals surface area contributed by atoms with E-state index in [1.54, 1.807) is 18.2 Å². The number of benzene rings is 2. The molecule has 0 aromatic heterocycles. The SMILES string of the molecule is CC(NC1CS(=O)(=O)c2ccccc21)c1cccc(F)c1. The lowest BCUT2D eigenvalue weighted by molar-refractivity contribution is 0.494. The van der Waals surface area contributed by atoms with E-state index in [9.17, 15) is 12.8 Å². The van der Waals surface area contributed by atoms with Crippen LogP contribution in [0.2, 0.25) is 0 Å². The van der Waals surface area contributed by atoms with Crippen LogP contribution in [-0.4, -0.2) is 14.2 Å². The minimum absolute atomic E-state index is 0.0476. The molecule has 0 saturated heterocycles. The number of rotatable bonds is 3. The summed E-state index contributed by atoms with van der Waals surface area (Å²) in [5.74, 6) is -0.243. The summed E-state index contributed by atoms with van der Waals surface area (Å²) in [5, 5.41) is 3.29. The summed E-state index contributed by atoms with van der Waals surface area (Å²) in [6.07, 6.45) is 0. The van der Waals surface area contributed by atoms with Crippen LogP contribution in [0.5, 0.6) is 0 Å². The van der Waals surface area contributed by atoms with E-state index < -0.39 is 9.84 Å². The first-order chi connectivity index (χ1) is 9.97. The van der Waals surface area contributed by atoms with Crippen LogP contribution in [0.25, 0.3) is 0 Å². The number of fused-ring (bicyclic) bond motifs is 1. The first-order valence-electron chi connectivity index (χ1n) is 6.80. The average Bonchev–Trinajstić information content (AvgIpc) is 2.71. The molecule has 5 heteroatoms. The van der Waals surface area contributed by atoms with Crippen LogP contribution < -0.4 is 5.32 Å². The summed E-state index contributed by atoms with van der Waals surface area (Å²) < 4.78 is 37.6. The highest BCUT2D eigenvalue weighted by molar-refractivity contribution is 7.91. The molecule has 0 aliphatic carbocycles. The third kappa shape index (κ3) is 2.71. The summed E-state index contributed by atoms with van der Waals surface area (Å²) in [5.41, 5.74) is 1.59. The molecule has 21 heavy (non-hydrogen) atoms. The summed E-state index contributed by atoms with van der Waals surface area (Å²) >= 11 is 0. The minimum atomic E-state index is -3.23. The molecule has 3 nitrogen and oxygen atoms in total. The fourth-order valence-electron chi connectivity index (χ4n) is 2.76. The monoisotopic (exact) mass is 305 g/mol. The van der Waals surface area contributed by atoms with E-state index in [0.717, 1.165) is 11.1 Å². The van der Waals surface area contributed by atoms with Crippen molar-refractivity contribution in [3.05, 3.63) is 65.5 Å². The number of hydrogen-bond acceptors (Lipinski definition) is 3. The lowest BCUT2D eigenvalue weighted by Crippen LogP contribution is -2.26. The molecule has 2 atom stereocenters. The molecule has 0 saturated carbocycles. The molecule has 110 valence electrons. The third-order valence-electron chi connectivity index (χ3n) is 3.82. The van der Waals surface area contributed by atoms with Crippen molar-refractivity contribution in [3.8, 4) is 0 Å². The molecule has 1 aliphatic heterocycles. The number of hydrogen-bond donors (Lipinski definition) is 1. The Morgan fingerprint density at radius 1 is 1.19 bits per heavy atom. The molecule has 0 spiro atoms. The Labute approximate surface area is 123 Å². The fourth-order valence-corrected chi connectivity index (χ4v) is 4.51.